The van der Waals surface area contributed by atoms with Crippen LogP contribution in [0.3, 0.4) is 0 Å². The zero-order valence-corrected chi connectivity index (χ0v) is 8.08. The molecule has 1 aliphatic heterocycles. The van der Waals surface area contributed by atoms with Gasteiger partial charge >= 0.3 is 0 Å². The molecule has 1 aliphatic rings. The Balaban J connectivity index is 2.60. The molecule has 0 saturated carbocycles. The lowest BCUT2D eigenvalue weighted by Gasteiger charge is -2.01. The minimum absolute atomic E-state index is 0.701. The Morgan fingerprint density at radius 2 is 2.27 bits per heavy atom. The van der Waals surface area contributed by atoms with Crippen molar-refractivity contribution in [2.24, 2.45) is 0 Å². The van der Waals surface area contributed by atoms with Crippen molar-refractivity contribution >= 4 is 27.5 Å². The van der Waals surface area contributed by atoms with E-state index in [2.05, 4.69) is 15.9 Å². The molecule has 0 bridgehead atoms. The van der Waals surface area contributed by atoms with Gasteiger partial charge in [-0.3, -0.25) is 0 Å². The molecule has 0 spiro atoms. The smallest absolute Gasteiger partial charge is 0.141 e. The first kappa shape index (κ1) is 7.44. The molecule has 1 aromatic rings. The van der Waals surface area contributed by atoms with Crippen molar-refractivity contribution in [3.63, 3.8) is 0 Å². The molecule has 0 radical (unpaired) electrons. The predicted octanol–water partition coefficient (Wildman–Crippen LogP) is 3.04. The molecule has 0 amide bonds. The number of benzene rings is 1. The van der Waals surface area contributed by atoms with E-state index in [0.29, 0.717) is 5.02 Å². The molecule has 1 nitrogen and oxygen atoms in total. The normalized spacial score (nSPS) is 14.4. The van der Waals surface area contributed by atoms with Crippen molar-refractivity contribution < 1.29 is 4.74 Å². The zero-order valence-electron chi connectivity index (χ0n) is 5.73. The van der Waals surface area contributed by atoms with Gasteiger partial charge in [0.05, 0.1) is 11.6 Å². The van der Waals surface area contributed by atoms with E-state index >= 15 is 0 Å². The van der Waals surface area contributed by atoms with Gasteiger partial charge in [0.15, 0.2) is 0 Å². The summed E-state index contributed by atoms with van der Waals surface area (Å²) in [6, 6.07) is 3.90. The van der Waals surface area contributed by atoms with E-state index in [4.69, 9.17) is 16.3 Å². The number of ether oxygens (including phenoxy) is 1. The first-order valence-corrected chi connectivity index (χ1v) is 4.55. The second-order valence-electron chi connectivity index (χ2n) is 2.47. The summed E-state index contributed by atoms with van der Waals surface area (Å²) in [6.45, 7) is 0.755. The third kappa shape index (κ3) is 1.25. The minimum Gasteiger partial charge on any atom is -0.491 e. The maximum atomic E-state index is 5.92. The predicted molar refractivity (Wildman–Crippen MR) is 48.4 cm³/mol. The Kier molecular flexibility index (Phi) is 1.81. The quantitative estimate of drug-likeness (QED) is 0.669. The standard InChI is InChI=1S/C8H6BrClO/c9-6-3-5-1-2-11-8(5)7(10)4-6/h3-4H,1-2H2. The van der Waals surface area contributed by atoms with Crippen LogP contribution in [0.1, 0.15) is 5.56 Å². The van der Waals surface area contributed by atoms with Crippen molar-refractivity contribution in [3.05, 3.63) is 27.2 Å². The molecule has 2 rings (SSSR count). The van der Waals surface area contributed by atoms with E-state index in [9.17, 15) is 0 Å². The summed E-state index contributed by atoms with van der Waals surface area (Å²) in [5.41, 5.74) is 1.20. The van der Waals surface area contributed by atoms with Crippen molar-refractivity contribution in [3.8, 4) is 5.75 Å². The van der Waals surface area contributed by atoms with Crippen LogP contribution in [0.4, 0.5) is 0 Å². The average molecular weight is 233 g/mol. The molecule has 0 aliphatic carbocycles. The molecule has 11 heavy (non-hydrogen) atoms. The first-order valence-electron chi connectivity index (χ1n) is 3.38. The molecule has 0 aromatic heterocycles. The third-order valence-corrected chi connectivity index (χ3v) is 2.44. The van der Waals surface area contributed by atoms with Crippen LogP contribution < -0.4 is 4.74 Å². The molecule has 0 N–H and O–H groups in total. The first-order chi connectivity index (χ1) is 5.27. The highest BCUT2D eigenvalue weighted by Gasteiger charge is 2.15. The fourth-order valence-corrected chi connectivity index (χ4v) is 2.15. The van der Waals surface area contributed by atoms with Gasteiger partial charge in [0, 0.05) is 16.5 Å². The van der Waals surface area contributed by atoms with Gasteiger partial charge in [0.2, 0.25) is 0 Å². The number of hydrogen-bond acceptors (Lipinski definition) is 1. The van der Waals surface area contributed by atoms with Gasteiger partial charge in [-0.15, -0.1) is 0 Å². The Bertz CT molecular complexity index is 298. The fourth-order valence-electron chi connectivity index (χ4n) is 1.22. The molecule has 1 heterocycles. The molecule has 0 unspecified atom stereocenters. The molecule has 58 valence electrons. The third-order valence-electron chi connectivity index (χ3n) is 1.70. The van der Waals surface area contributed by atoms with Crippen LogP contribution in [0.15, 0.2) is 16.6 Å². The molecule has 1 aromatic carbocycles. The lowest BCUT2D eigenvalue weighted by Crippen LogP contribution is -1.86. The summed E-state index contributed by atoms with van der Waals surface area (Å²) in [5.74, 6) is 0.856. The summed E-state index contributed by atoms with van der Waals surface area (Å²) in [5, 5.41) is 0.701. The van der Waals surface area contributed by atoms with Crippen LogP contribution in [0.2, 0.25) is 5.02 Å². The van der Waals surface area contributed by atoms with Crippen molar-refractivity contribution in [1.82, 2.24) is 0 Å². The Morgan fingerprint density at radius 1 is 1.45 bits per heavy atom. The SMILES string of the molecule is Clc1cc(Br)cc2c1OCC2. The van der Waals surface area contributed by atoms with Gasteiger partial charge in [-0.2, -0.15) is 0 Å². The maximum Gasteiger partial charge on any atom is 0.141 e. The molecule has 0 fully saturated rings. The maximum absolute atomic E-state index is 5.92. The van der Waals surface area contributed by atoms with Crippen molar-refractivity contribution in [2.45, 2.75) is 6.42 Å². The average Bonchev–Trinajstić information content (AvgIpc) is 2.34. The number of hydrogen-bond donors (Lipinski definition) is 0. The topological polar surface area (TPSA) is 9.23 Å². The lowest BCUT2D eigenvalue weighted by molar-refractivity contribution is 0.357. The van der Waals surface area contributed by atoms with Gasteiger partial charge < -0.3 is 4.74 Å². The zero-order chi connectivity index (χ0) is 7.84. The van der Waals surface area contributed by atoms with E-state index in [1.807, 2.05) is 12.1 Å². The second-order valence-corrected chi connectivity index (χ2v) is 3.80. The molecular weight excluding hydrogens is 227 g/mol. The van der Waals surface area contributed by atoms with E-state index < -0.39 is 0 Å². The van der Waals surface area contributed by atoms with Crippen molar-refractivity contribution in [1.29, 1.82) is 0 Å². The van der Waals surface area contributed by atoms with Gasteiger partial charge in [-0.1, -0.05) is 27.5 Å². The highest BCUT2D eigenvalue weighted by atomic mass is 79.9. The summed E-state index contributed by atoms with van der Waals surface area (Å²) < 4.78 is 6.35. The largest absolute Gasteiger partial charge is 0.491 e. The van der Waals surface area contributed by atoms with Crippen LogP contribution in [-0.4, -0.2) is 6.61 Å². The summed E-state index contributed by atoms with van der Waals surface area (Å²) in [6.07, 6.45) is 0.967. The molecular formula is C8H6BrClO. The minimum atomic E-state index is 0.701. The lowest BCUT2D eigenvalue weighted by atomic mass is 10.2. The Labute approximate surface area is 78.4 Å². The number of rotatable bonds is 0. The van der Waals surface area contributed by atoms with Crippen LogP contribution in [0.25, 0.3) is 0 Å². The Morgan fingerprint density at radius 3 is 3.09 bits per heavy atom. The van der Waals surface area contributed by atoms with Crippen LogP contribution in [0, 0.1) is 0 Å². The summed E-state index contributed by atoms with van der Waals surface area (Å²) in [7, 11) is 0. The van der Waals surface area contributed by atoms with Crippen molar-refractivity contribution in [2.75, 3.05) is 6.61 Å². The van der Waals surface area contributed by atoms with E-state index in [1.165, 1.54) is 5.56 Å². The molecule has 0 atom stereocenters. The van der Waals surface area contributed by atoms with E-state index in [0.717, 1.165) is 23.2 Å². The van der Waals surface area contributed by atoms with Crippen LogP contribution >= 0.6 is 27.5 Å². The molecule has 0 saturated heterocycles. The summed E-state index contributed by atoms with van der Waals surface area (Å²) in [4.78, 5) is 0. The monoisotopic (exact) mass is 232 g/mol. The number of fused-ring (bicyclic) bond motifs is 1. The highest BCUT2D eigenvalue weighted by molar-refractivity contribution is 9.10. The van der Waals surface area contributed by atoms with Gasteiger partial charge in [0.1, 0.15) is 5.75 Å². The van der Waals surface area contributed by atoms with Crippen LogP contribution in [-0.2, 0) is 6.42 Å². The van der Waals surface area contributed by atoms with E-state index in [-0.39, 0.29) is 0 Å². The summed E-state index contributed by atoms with van der Waals surface area (Å²) >= 11 is 9.30. The van der Waals surface area contributed by atoms with E-state index in [1.54, 1.807) is 0 Å². The second kappa shape index (κ2) is 2.68. The van der Waals surface area contributed by atoms with Crippen LogP contribution in [0.5, 0.6) is 5.75 Å². The fraction of sp³-hybridized carbons (Fsp3) is 0.250. The number of halogens is 2. The van der Waals surface area contributed by atoms with Gasteiger partial charge in [0.25, 0.3) is 0 Å². The highest BCUT2D eigenvalue weighted by Crippen LogP contribution is 2.35. The van der Waals surface area contributed by atoms with Gasteiger partial charge in [-0.25, -0.2) is 0 Å². The Hall–Kier alpha value is -0.210. The molecule has 3 heteroatoms. The van der Waals surface area contributed by atoms with Gasteiger partial charge in [-0.05, 0) is 12.1 Å².